The number of nitrogens with zero attached hydrogens (tertiary/aromatic N) is 2. The minimum absolute atomic E-state index is 0.198. The van der Waals surface area contributed by atoms with Crippen LogP contribution in [0.2, 0.25) is 0 Å². The molecular formula is C10H19N3O. The zero-order chi connectivity index (χ0) is 10.2. The van der Waals surface area contributed by atoms with E-state index in [4.69, 9.17) is 5.11 Å². The molecule has 0 amide bonds. The maximum atomic E-state index is 9.01. The molecule has 1 rings (SSSR count). The van der Waals surface area contributed by atoms with Gasteiger partial charge in [-0.3, -0.25) is 0 Å². The van der Waals surface area contributed by atoms with E-state index in [1.165, 1.54) is 0 Å². The maximum Gasteiger partial charge on any atom is 0.0945 e. The molecule has 0 spiro atoms. The molecule has 0 aliphatic rings. The largest absolute Gasteiger partial charge is 0.393 e. The van der Waals surface area contributed by atoms with Crippen molar-refractivity contribution in [3.05, 3.63) is 18.7 Å². The molecule has 0 fully saturated rings. The Morgan fingerprint density at radius 1 is 1.50 bits per heavy atom. The van der Waals surface area contributed by atoms with E-state index in [1.807, 2.05) is 19.4 Å². The van der Waals surface area contributed by atoms with Gasteiger partial charge in [0.05, 0.1) is 12.4 Å². The Labute approximate surface area is 85.0 Å². The number of hydrogen-bond donors (Lipinski definition) is 2. The number of aryl methyl sites for hydroxylation is 1. The molecule has 4 nitrogen and oxygen atoms in total. The molecule has 1 heterocycles. The van der Waals surface area contributed by atoms with Crippen molar-refractivity contribution in [2.75, 3.05) is 13.1 Å². The molecule has 0 aliphatic carbocycles. The number of aliphatic hydroxyl groups is 1. The van der Waals surface area contributed by atoms with Crippen molar-refractivity contribution in [2.24, 2.45) is 0 Å². The molecule has 1 aromatic heterocycles. The van der Waals surface area contributed by atoms with E-state index in [0.29, 0.717) is 0 Å². The van der Waals surface area contributed by atoms with Crippen LogP contribution in [-0.2, 0) is 6.54 Å². The third kappa shape index (κ3) is 4.99. The van der Waals surface area contributed by atoms with Crippen LogP contribution in [0.15, 0.2) is 18.7 Å². The fourth-order valence-corrected chi connectivity index (χ4v) is 1.24. The third-order valence-corrected chi connectivity index (χ3v) is 2.07. The Kier molecular flexibility index (Phi) is 5.25. The van der Waals surface area contributed by atoms with E-state index in [0.717, 1.165) is 32.5 Å². The first-order valence-corrected chi connectivity index (χ1v) is 5.13. The quantitative estimate of drug-likeness (QED) is 0.630. The number of aromatic nitrogens is 2. The first-order valence-electron chi connectivity index (χ1n) is 5.13. The summed E-state index contributed by atoms with van der Waals surface area (Å²) in [6.07, 6.45) is 7.31. The fraction of sp³-hybridized carbons (Fsp3) is 0.700. The van der Waals surface area contributed by atoms with E-state index >= 15 is 0 Å². The SMILES string of the molecule is CC(O)CCNCCCn1ccnc1. The van der Waals surface area contributed by atoms with Crippen molar-refractivity contribution in [3.8, 4) is 0 Å². The lowest BCUT2D eigenvalue weighted by Crippen LogP contribution is -2.21. The summed E-state index contributed by atoms with van der Waals surface area (Å²) in [6, 6.07) is 0. The normalized spacial score (nSPS) is 13.0. The Morgan fingerprint density at radius 3 is 3.00 bits per heavy atom. The van der Waals surface area contributed by atoms with Crippen LogP contribution >= 0.6 is 0 Å². The lowest BCUT2D eigenvalue weighted by atomic mass is 10.3. The van der Waals surface area contributed by atoms with Crippen LogP contribution in [0.25, 0.3) is 0 Å². The van der Waals surface area contributed by atoms with Gasteiger partial charge in [-0.2, -0.15) is 0 Å². The van der Waals surface area contributed by atoms with Crippen LogP contribution in [0, 0.1) is 0 Å². The number of hydrogen-bond acceptors (Lipinski definition) is 3. The van der Waals surface area contributed by atoms with Gasteiger partial charge < -0.3 is 15.0 Å². The van der Waals surface area contributed by atoms with Crippen LogP contribution in [0.3, 0.4) is 0 Å². The summed E-state index contributed by atoms with van der Waals surface area (Å²) in [5.41, 5.74) is 0. The highest BCUT2D eigenvalue weighted by atomic mass is 16.3. The van der Waals surface area contributed by atoms with Crippen molar-refractivity contribution < 1.29 is 5.11 Å². The predicted octanol–water partition coefficient (Wildman–Crippen LogP) is 0.634. The van der Waals surface area contributed by atoms with E-state index < -0.39 is 0 Å². The van der Waals surface area contributed by atoms with Crippen LogP contribution < -0.4 is 5.32 Å². The molecule has 0 saturated carbocycles. The van der Waals surface area contributed by atoms with Gasteiger partial charge in [0.15, 0.2) is 0 Å². The van der Waals surface area contributed by atoms with Gasteiger partial charge in [0, 0.05) is 18.9 Å². The van der Waals surface area contributed by atoms with E-state index in [1.54, 1.807) is 6.20 Å². The second-order valence-electron chi connectivity index (χ2n) is 3.54. The predicted molar refractivity (Wildman–Crippen MR) is 56.0 cm³/mol. The van der Waals surface area contributed by atoms with Gasteiger partial charge in [-0.15, -0.1) is 0 Å². The monoisotopic (exact) mass is 197 g/mol. The summed E-state index contributed by atoms with van der Waals surface area (Å²) in [6.45, 7) is 4.70. The molecule has 0 radical (unpaired) electrons. The van der Waals surface area contributed by atoms with Gasteiger partial charge in [-0.05, 0) is 32.9 Å². The minimum atomic E-state index is -0.198. The van der Waals surface area contributed by atoms with Gasteiger partial charge in [0.25, 0.3) is 0 Å². The molecule has 80 valence electrons. The number of rotatable bonds is 7. The van der Waals surface area contributed by atoms with Crippen molar-refractivity contribution in [2.45, 2.75) is 32.4 Å². The van der Waals surface area contributed by atoms with Gasteiger partial charge >= 0.3 is 0 Å². The molecular weight excluding hydrogens is 178 g/mol. The highest BCUT2D eigenvalue weighted by Gasteiger charge is 1.94. The Hall–Kier alpha value is -0.870. The average Bonchev–Trinajstić information content (AvgIpc) is 2.63. The van der Waals surface area contributed by atoms with Crippen LogP contribution in [0.4, 0.5) is 0 Å². The standard InChI is InChI=1S/C10H19N3O/c1-10(14)3-5-11-4-2-7-13-8-6-12-9-13/h6,8-11,14H,2-5,7H2,1H3. The molecule has 2 N–H and O–H groups in total. The van der Waals surface area contributed by atoms with Crippen molar-refractivity contribution in [1.82, 2.24) is 14.9 Å². The molecule has 1 unspecified atom stereocenters. The first-order chi connectivity index (χ1) is 6.79. The summed E-state index contributed by atoms with van der Waals surface area (Å²) in [5, 5.41) is 12.3. The summed E-state index contributed by atoms with van der Waals surface area (Å²) >= 11 is 0. The molecule has 0 aliphatic heterocycles. The molecule has 0 aromatic carbocycles. The second-order valence-corrected chi connectivity index (χ2v) is 3.54. The smallest absolute Gasteiger partial charge is 0.0945 e. The zero-order valence-electron chi connectivity index (χ0n) is 8.69. The number of imidazole rings is 1. The van der Waals surface area contributed by atoms with Gasteiger partial charge in [0.1, 0.15) is 0 Å². The lowest BCUT2D eigenvalue weighted by molar-refractivity contribution is 0.184. The first kappa shape index (κ1) is 11.2. The van der Waals surface area contributed by atoms with E-state index in [2.05, 4.69) is 14.9 Å². The van der Waals surface area contributed by atoms with E-state index in [9.17, 15) is 0 Å². The van der Waals surface area contributed by atoms with Crippen LogP contribution in [-0.4, -0.2) is 33.9 Å². The molecule has 1 atom stereocenters. The Balaban J connectivity index is 1.90. The third-order valence-electron chi connectivity index (χ3n) is 2.07. The van der Waals surface area contributed by atoms with Crippen molar-refractivity contribution in [3.63, 3.8) is 0 Å². The van der Waals surface area contributed by atoms with E-state index in [-0.39, 0.29) is 6.10 Å². The Morgan fingerprint density at radius 2 is 2.36 bits per heavy atom. The number of aliphatic hydroxyl groups excluding tert-OH is 1. The van der Waals surface area contributed by atoms with Gasteiger partial charge in [-0.1, -0.05) is 0 Å². The van der Waals surface area contributed by atoms with Gasteiger partial charge in [0.2, 0.25) is 0 Å². The summed E-state index contributed by atoms with van der Waals surface area (Å²) in [5.74, 6) is 0. The fourth-order valence-electron chi connectivity index (χ4n) is 1.24. The molecule has 1 aromatic rings. The van der Waals surface area contributed by atoms with Crippen LogP contribution in [0.5, 0.6) is 0 Å². The van der Waals surface area contributed by atoms with Crippen molar-refractivity contribution >= 4 is 0 Å². The summed E-state index contributed by atoms with van der Waals surface area (Å²) in [7, 11) is 0. The molecule has 0 saturated heterocycles. The van der Waals surface area contributed by atoms with Crippen LogP contribution in [0.1, 0.15) is 19.8 Å². The summed E-state index contributed by atoms with van der Waals surface area (Å²) < 4.78 is 2.07. The topological polar surface area (TPSA) is 50.1 Å². The lowest BCUT2D eigenvalue weighted by Gasteiger charge is -2.06. The molecule has 4 heteroatoms. The second kappa shape index (κ2) is 6.56. The Bertz CT molecular complexity index is 221. The highest BCUT2D eigenvalue weighted by Crippen LogP contribution is 1.90. The minimum Gasteiger partial charge on any atom is -0.393 e. The molecule has 0 bridgehead atoms. The molecule has 14 heavy (non-hydrogen) atoms. The number of nitrogens with one attached hydrogen (secondary N) is 1. The zero-order valence-corrected chi connectivity index (χ0v) is 8.69. The average molecular weight is 197 g/mol. The van der Waals surface area contributed by atoms with Gasteiger partial charge in [-0.25, -0.2) is 4.98 Å². The maximum absolute atomic E-state index is 9.01. The highest BCUT2D eigenvalue weighted by molar-refractivity contribution is 4.73. The summed E-state index contributed by atoms with van der Waals surface area (Å²) in [4.78, 5) is 3.97. The van der Waals surface area contributed by atoms with Crippen molar-refractivity contribution in [1.29, 1.82) is 0 Å².